The van der Waals surface area contributed by atoms with Crippen LogP contribution in [0, 0.1) is 11.6 Å². The smallest absolute Gasteiger partial charge is 0.414 e. The minimum Gasteiger partial charge on any atom is -0.442 e. The second-order valence-corrected chi connectivity index (χ2v) is 7.87. The van der Waals surface area contributed by atoms with Gasteiger partial charge in [0.05, 0.1) is 25.3 Å². The third kappa shape index (κ3) is 4.41. The Kier molecular flexibility index (Phi) is 5.94. The lowest BCUT2D eigenvalue weighted by Gasteiger charge is -2.36. The maximum absolute atomic E-state index is 15.0. The third-order valence-electron chi connectivity index (χ3n) is 5.73. The van der Waals surface area contributed by atoms with Crippen molar-refractivity contribution in [1.82, 2.24) is 15.3 Å². The van der Waals surface area contributed by atoms with Crippen molar-refractivity contribution >= 4 is 29.3 Å². The van der Waals surface area contributed by atoms with Gasteiger partial charge < -0.3 is 15.0 Å². The van der Waals surface area contributed by atoms with Gasteiger partial charge in [-0.2, -0.15) is 0 Å². The monoisotopic (exact) mass is 437 g/mol. The maximum atomic E-state index is 15.0. The van der Waals surface area contributed by atoms with Crippen LogP contribution >= 0.6 is 0 Å². The molecule has 0 aliphatic carbocycles. The summed E-state index contributed by atoms with van der Waals surface area (Å²) in [5.74, 6) is -1.79. The normalized spacial score (nSPS) is 22.3. The molecule has 0 saturated carbocycles. The average Bonchev–Trinajstić information content (AvgIpc) is 2.95. The number of halogens is 2. The van der Waals surface area contributed by atoms with Crippen molar-refractivity contribution in [3.8, 4) is 0 Å². The SMILES string of the molecule is CC(=O)NC[C@H]1CN(c2cc(F)c(N3CCN4CCCC(=O)N4CC3)c(F)c2)C(=O)O1. The molecule has 168 valence electrons. The first-order chi connectivity index (χ1) is 14.8. The highest BCUT2D eigenvalue weighted by Crippen LogP contribution is 2.31. The van der Waals surface area contributed by atoms with Gasteiger partial charge in [0.15, 0.2) is 11.6 Å². The Morgan fingerprint density at radius 2 is 1.84 bits per heavy atom. The van der Waals surface area contributed by atoms with Gasteiger partial charge >= 0.3 is 6.09 Å². The topological polar surface area (TPSA) is 85.4 Å². The summed E-state index contributed by atoms with van der Waals surface area (Å²) >= 11 is 0. The number of nitrogens with zero attached hydrogens (tertiary/aromatic N) is 4. The van der Waals surface area contributed by atoms with E-state index in [0.717, 1.165) is 30.0 Å². The predicted molar refractivity (Wildman–Crippen MR) is 107 cm³/mol. The van der Waals surface area contributed by atoms with E-state index in [4.69, 9.17) is 4.74 Å². The molecule has 31 heavy (non-hydrogen) atoms. The quantitative estimate of drug-likeness (QED) is 0.759. The lowest BCUT2D eigenvalue weighted by Crippen LogP contribution is -2.50. The molecule has 3 amide bonds. The molecule has 3 aliphatic rings. The third-order valence-corrected chi connectivity index (χ3v) is 5.73. The number of benzene rings is 1. The van der Waals surface area contributed by atoms with Crippen LogP contribution in [0.4, 0.5) is 25.0 Å². The van der Waals surface area contributed by atoms with E-state index in [2.05, 4.69) is 5.32 Å². The number of rotatable bonds is 4. The van der Waals surface area contributed by atoms with Crippen LogP contribution in [0.5, 0.6) is 0 Å². The number of amides is 3. The van der Waals surface area contributed by atoms with Crippen LogP contribution in [-0.2, 0) is 14.3 Å². The number of carbonyl (C=O) groups is 3. The van der Waals surface area contributed by atoms with Gasteiger partial charge in [0.25, 0.3) is 0 Å². The molecule has 3 fully saturated rings. The number of cyclic esters (lactones) is 1. The molecule has 3 saturated heterocycles. The van der Waals surface area contributed by atoms with E-state index in [9.17, 15) is 23.2 Å². The molecule has 3 heterocycles. The number of ether oxygens (including phenoxy) is 1. The molecule has 9 nitrogen and oxygen atoms in total. The number of anilines is 2. The van der Waals surface area contributed by atoms with Crippen molar-refractivity contribution in [2.45, 2.75) is 25.9 Å². The molecule has 0 unspecified atom stereocenters. The summed E-state index contributed by atoms with van der Waals surface area (Å²) < 4.78 is 35.2. The first-order valence-electron chi connectivity index (χ1n) is 10.4. The Labute approximate surface area is 178 Å². The average molecular weight is 437 g/mol. The first kappa shape index (κ1) is 21.3. The van der Waals surface area contributed by atoms with Gasteiger partial charge in [0.2, 0.25) is 11.8 Å². The fraction of sp³-hybridized carbons (Fsp3) is 0.550. The van der Waals surface area contributed by atoms with E-state index in [0.29, 0.717) is 32.6 Å². The van der Waals surface area contributed by atoms with Crippen molar-refractivity contribution in [2.75, 3.05) is 55.6 Å². The molecule has 3 aliphatic heterocycles. The highest BCUT2D eigenvalue weighted by atomic mass is 19.1. The fourth-order valence-corrected chi connectivity index (χ4v) is 4.21. The Morgan fingerprint density at radius 3 is 2.55 bits per heavy atom. The van der Waals surface area contributed by atoms with E-state index >= 15 is 0 Å². The summed E-state index contributed by atoms with van der Waals surface area (Å²) in [5, 5.41) is 6.16. The molecule has 0 bridgehead atoms. The Hall–Kier alpha value is -2.95. The fourth-order valence-electron chi connectivity index (χ4n) is 4.21. The summed E-state index contributed by atoms with van der Waals surface area (Å²) in [5.41, 5.74) is -0.111. The minimum absolute atomic E-state index is 0.0331. The maximum Gasteiger partial charge on any atom is 0.414 e. The number of hydrogen-bond acceptors (Lipinski definition) is 6. The van der Waals surface area contributed by atoms with Crippen LogP contribution in [0.3, 0.4) is 0 Å². The zero-order valence-corrected chi connectivity index (χ0v) is 17.3. The summed E-state index contributed by atoms with van der Waals surface area (Å²) in [6.07, 6.45) is -0.0543. The number of hydrazine groups is 1. The highest BCUT2D eigenvalue weighted by molar-refractivity contribution is 5.90. The Morgan fingerprint density at radius 1 is 1.13 bits per heavy atom. The lowest BCUT2D eigenvalue weighted by atomic mass is 10.2. The van der Waals surface area contributed by atoms with Gasteiger partial charge in [-0.3, -0.25) is 19.5 Å². The number of fused-ring (bicyclic) bond motifs is 1. The zero-order chi connectivity index (χ0) is 22.1. The van der Waals surface area contributed by atoms with Crippen molar-refractivity contribution < 1.29 is 27.9 Å². The van der Waals surface area contributed by atoms with Gasteiger partial charge in [-0.25, -0.2) is 18.6 Å². The summed E-state index contributed by atoms with van der Waals surface area (Å²) in [6, 6.07) is 2.23. The first-order valence-corrected chi connectivity index (χ1v) is 10.4. The number of carbonyl (C=O) groups excluding carboxylic acids is 3. The number of nitrogens with one attached hydrogen (secondary N) is 1. The summed E-state index contributed by atoms with van der Waals surface area (Å²) in [4.78, 5) is 38.1. The van der Waals surface area contributed by atoms with E-state index < -0.39 is 23.8 Å². The van der Waals surface area contributed by atoms with E-state index in [1.807, 2.05) is 5.01 Å². The van der Waals surface area contributed by atoms with Crippen molar-refractivity contribution in [2.24, 2.45) is 0 Å². The summed E-state index contributed by atoms with van der Waals surface area (Å²) in [7, 11) is 0. The molecule has 0 aromatic heterocycles. The van der Waals surface area contributed by atoms with Crippen LogP contribution in [-0.4, -0.2) is 79.8 Å². The molecule has 1 aromatic carbocycles. The Bertz CT molecular complexity index is 875. The van der Waals surface area contributed by atoms with Gasteiger partial charge in [-0.1, -0.05) is 0 Å². The molecular weight excluding hydrogens is 412 g/mol. The molecule has 1 aromatic rings. The molecule has 4 rings (SSSR count). The van der Waals surface area contributed by atoms with Gasteiger partial charge in [-0.05, 0) is 6.42 Å². The van der Waals surface area contributed by atoms with E-state index in [-0.39, 0.29) is 36.3 Å². The molecule has 11 heteroatoms. The largest absolute Gasteiger partial charge is 0.442 e. The van der Waals surface area contributed by atoms with Crippen LogP contribution in [0.1, 0.15) is 19.8 Å². The summed E-state index contributed by atoms with van der Waals surface area (Å²) in [6.45, 7) is 3.84. The van der Waals surface area contributed by atoms with Crippen molar-refractivity contribution in [3.63, 3.8) is 0 Å². The van der Waals surface area contributed by atoms with Crippen LogP contribution < -0.4 is 15.1 Å². The molecule has 1 N–H and O–H groups in total. The minimum atomic E-state index is -0.783. The second-order valence-electron chi connectivity index (χ2n) is 7.87. The van der Waals surface area contributed by atoms with Gasteiger partial charge in [0, 0.05) is 51.7 Å². The molecule has 0 spiro atoms. The molecule has 0 radical (unpaired) electrons. The van der Waals surface area contributed by atoms with Gasteiger partial charge in [-0.15, -0.1) is 0 Å². The predicted octanol–water partition coefficient (Wildman–Crippen LogP) is 1.09. The molecule has 1 atom stereocenters. The van der Waals surface area contributed by atoms with Crippen LogP contribution in [0.25, 0.3) is 0 Å². The molecular formula is C20H25F2N5O4. The second kappa shape index (κ2) is 8.66. The van der Waals surface area contributed by atoms with Crippen LogP contribution in [0.15, 0.2) is 12.1 Å². The zero-order valence-electron chi connectivity index (χ0n) is 17.3. The lowest BCUT2D eigenvalue weighted by molar-refractivity contribution is -0.153. The van der Waals surface area contributed by atoms with E-state index in [1.165, 1.54) is 6.92 Å². The van der Waals surface area contributed by atoms with E-state index in [1.54, 1.807) is 9.91 Å². The van der Waals surface area contributed by atoms with Crippen molar-refractivity contribution in [1.29, 1.82) is 0 Å². The van der Waals surface area contributed by atoms with Crippen molar-refractivity contribution in [3.05, 3.63) is 23.8 Å². The Balaban J connectivity index is 1.49. The van der Waals surface area contributed by atoms with Gasteiger partial charge in [0.1, 0.15) is 11.8 Å². The standard InChI is InChI=1S/C20H25F2N5O4/c1-13(28)23-11-15-12-26(20(30)31-15)14-9-16(21)19(17(22)10-14)24-5-7-25-4-2-3-18(29)27(25)8-6-24/h9-10,15H,2-8,11-12H2,1H3,(H,23,28)/t15-/m0/s1. The van der Waals surface area contributed by atoms with Crippen LogP contribution in [0.2, 0.25) is 0 Å². The highest BCUT2D eigenvalue weighted by Gasteiger charge is 2.35. The number of hydrogen-bond donors (Lipinski definition) is 1.